The molecule has 0 spiro atoms. The monoisotopic (exact) mass is 318 g/mol. The van der Waals surface area contributed by atoms with Gasteiger partial charge in [0, 0.05) is 19.1 Å². The predicted molar refractivity (Wildman–Crippen MR) is 93.4 cm³/mol. The summed E-state index contributed by atoms with van der Waals surface area (Å²) in [5, 5.41) is 12.7. The first-order chi connectivity index (χ1) is 11.1. The summed E-state index contributed by atoms with van der Waals surface area (Å²) in [6.45, 7) is 7.36. The maximum Gasteiger partial charge on any atom is 0.320 e. The fourth-order valence-electron chi connectivity index (χ4n) is 3.40. The van der Waals surface area contributed by atoms with E-state index in [1.165, 1.54) is 5.56 Å². The molecule has 1 aromatic rings. The highest BCUT2D eigenvalue weighted by Crippen LogP contribution is 2.22. The third kappa shape index (κ3) is 5.63. The Bertz CT molecular complexity index is 478. The van der Waals surface area contributed by atoms with Gasteiger partial charge in [-0.25, -0.2) is 0 Å². The summed E-state index contributed by atoms with van der Waals surface area (Å²) < 4.78 is 0. The summed E-state index contributed by atoms with van der Waals surface area (Å²) in [4.78, 5) is 13.9. The van der Waals surface area contributed by atoms with Crippen LogP contribution in [0.15, 0.2) is 30.3 Å². The van der Waals surface area contributed by atoms with E-state index in [1.54, 1.807) is 0 Å². The van der Waals surface area contributed by atoms with Crippen molar-refractivity contribution in [2.24, 2.45) is 5.92 Å². The molecule has 128 valence electrons. The molecule has 4 nitrogen and oxygen atoms in total. The van der Waals surface area contributed by atoms with E-state index in [-0.39, 0.29) is 6.04 Å². The number of unbranched alkanes of at least 4 members (excludes halogenated alkanes) is 1. The van der Waals surface area contributed by atoms with Crippen molar-refractivity contribution >= 4 is 5.97 Å². The number of rotatable bonds is 9. The molecular weight excluding hydrogens is 288 g/mol. The Labute approximate surface area is 139 Å². The SMILES string of the molecule is CCCCC(NC(C)C1CCN(Cc2ccccc2)C1)C(=O)O. The fourth-order valence-corrected chi connectivity index (χ4v) is 3.40. The van der Waals surface area contributed by atoms with Crippen LogP contribution in [0.5, 0.6) is 0 Å². The van der Waals surface area contributed by atoms with Crippen LogP contribution >= 0.6 is 0 Å². The molecule has 0 aliphatic carbocycles. The smallest absolute Gasteiger partial charge is 0.320 e. The molecule has 0 amide bonds. The van der Waals surface area contributed by atoms with Gasteiger partial charge in [-0.2, -0.15) is 0 Å². The Balaban J connectivity index is 1.81. The van der Waals surface area contributed by atoms with E-state index in [1.807, 2.05) is 6.07 Å². The van der Waals surface area contributed by atoms with Crippen molar-refractivity contribution in [2.45, 2.75) is 58.2 Å². The van der Waals surface area contributed by atoms with Gasteiger partial charge in [-0.05, 0) is 37.8 Å². The number of hydrogen-bond acceptors (Lipinski definition) is 3. The Morgan fingerprint density at radius 1 is 1.39 bits per heavy atom. The van der Waals surface area contributed by atoms with Gasteiger partial charge in [-0.3, -0.25) is 9.69 Å². The molecule has 3 unspecified atom stereocenters. The predicted octanol–water partition coefficient (Wildman–Crippen LogP) is 3.13. The van der Waals surface area contributed by atoms with Gasteiger partial charge in [0.15, 0.2) is 0 Å². The first-order valence-electron chi connectivity index (χ1n) is 8.85. The molecule has 1 saturated heterocycles. The highest BCUT2D eigenvalue weighted by molar-refractivity contribution is 5.73. The van der Waals surface area contributed by atoms with Crippen LogP contribution in [0.4, 0.5) is 0 Å². The number of likely N-dealkylation sites (tertiary alicyclic amines) is 1. The number of aliphatic carboxylic acids is 1. The molecule has 1 aliphatic heterocycles. The molecule has 0 bridgehead atoms. The van der Waals surface area contributed by atoms with Crippen molar-refractivity contribution in [3.63, 3.8) is 0 Å². The summed E-state index contributed by atoms with van der Waals surface area (Å²) in [5.41, 5.74) is 1.35. The third-order valence-corrected chi connectivity index (χ3v) is 4.87. The van der Waals surface area contributed by atoms with Gasteiger partial charge in [-0.15, -0.1) is 0 Å². The molecule has 0 saturated carbocycles. The summed E-state index contributed by atoms with van der Waals surface area (Å²) in [5.74, 6) is -0.188. The molecule has 2 rings (SSSR count). The highest BCUT2D eigenvalue weighted by Gasteiger charge is 2.29. The van der Waals surface area contributed by atoms with E-state index in [9.17, 15) is 9.90 Å². The number of hydrogen-bond donors (Lipinski definition) is 2. The zero-order chi connectivity index (χ0) is 16.7. The number of nitrogens with one attached hydrogen (secondary N) is 1. The van der Waals surface area contributed by atoms with E-state index in [2.05, 4.69) is 48.3 Å². The van der Waals surface area contributed by atoms with E-state index >= 15 is 0 Å². The Morgan fingerprint density at radius 2 is 2.13 bits per heavy atom. The van der Waals surface area contributed by atoms with Crippen LogP contribution < -0.4 is 5.32 Å². The second-order valence-electron chi connectivity index (χ2n) is 6.76. The lowest BCUT2D eigenvalue weighted by atomic mass is 9.98. The zero-order valence-corrected chi connectivity index (χ0v) is 14.4. The van der Waals surface area contributed by atoms with Gasteiger partial charge in [0.05, 0.1) is 0 Å². The van der Waals surface area contributed by atoms with Gasteiger partial charge in [-0.1, -0.05) is 50.1 Å². The molecule has 4 heteroatoms. The summed E-state index contributed by atoms with van der Waals surface area (Å²) in [7, 11) is 0. The minimum absolute atomic E-state index is 0.244. The minimum atomic E-state index is -0.718. The minimum Gasteiger partial charge on any atom is -0.480 e. The molecule has 1 aliphatic rings. The van der Waals surface area contributed by atoms with Crippen molar-refractivity contribution in [3.05, 3.63) is 35.9 Å². The lowest BCUT2D eigenvalue weighted by Gasteiger charge is -2.25. The van der Waals surface area contributed by atoms with Crippen molar-refractivity contribution in [1.29, 1.82) is 0 Å². The standard InChI is InChI=1S/C19H30N2O2/c1-3-4-10-18(19(22)23)20-15(2)17-11-12-21(14-17)13-16-8-6-5-7-9-16/h5-9,15,17-18,20H,3-4,10-14H2,1-2H3,(H,22,23). The van der Waals surface area contributed by atoms with Gasteiger partial charge in [0.1, 0.15) is 6.04 Å². The van der Waals surface area contributed by atoms with Crippen LogP contribution in [0.25, 0.3) is 0 Å². The molecule has 1 fully saturated rings. The number of nitrogens with zero attached hydrogens (tertiary/aromatic N) is 1. The molecule has 2 N–H and O–H groups in total. The number of carboxylic acids is 1. The quantitative estimate of drug-likeness (QED) is 0.734. The number of benzene rings is 1. The summed E-state index contributed by atoms with van der Waals surface area (Å²) in [6, 6.07) is 10.4. The van der Waals surface area contributed by atoms with Crippen LogP contribution in [-0.4, -0.2) is 41.1 Å². The average Bonchev–Trinajstić information content (AvgIpc) is 3.00. The summed E-state index contributed by atoms with van der Waals surface area (Å²) >= 11 is 0. The van der Waals surface area contributed by atoms with Crippen molar-refractivity contribution in [3.8, 4) is 0 Å². The highest BCUT2D eigenvalue weighted by atomic mass is 16.4. The second kappa shape index (κ2) is 9.04. The molecular formula is C19H30N2O2. The number of carbonyl (C=O) groups is 1. The topological polar surface area (TPSA) is 52.6 Å². The molecule has 0 aromatic heterocycles. The van der Waals surface area contributed by atoms with Crippen LogP contribution in [0, 0.1) is 5.92 Å². The van der Waals surface area contributed by atoms with Crippen LogP contribution in [-0.2, 0) is 11.3 Å². The maximum absolute atomic E-state index is 11.4. The Kier molecular flexibility index (Phi) is 7.06. The molecule has 0 radical (unpaired) electrons. The fraction of sp³-hybridized carbons (Fsp3) is 0.632. The molecule has 1 heterocycles. The van der Waals surface area contributed by atoms with E-state index in [0.717, 1.165) is 45.3 Å². The van der Waals surface area contributed by atoms with Gasteiger partial charge in [0.2, 0.25) is 0 Å². The van der Waals surface area contributed by atoms with Crippen molar-refractivity contribution in [2.75, 3.05) is 13.1 Å². The Morgan fingerprint density at radius 3 is 2.78 bits per heavy atom. The lowest BCUT2D eigenvalue weighted by molar-refractivity contribution is -0.140. The first-order valence-corrected chi connectivity index (χ1v) is 8.85. The van der Waals surface area contributed by atoms with E-state index in [0.29, 0.717) is 5.92 Å². The average molecular weight is 318 g/mol. The molecule has 3 atom stereocenters. The molecule has 1 aromatic carbocycles. The molecule has 23 heavy (non-hydrogen) atoms. The lowest BCUT2D eigenvalue weighted by Crippen LogP contribution is -2.45. The Hall–Kier alpha value is -1.39. The van der Waals surface area contributed by atoms with Crippen molar-refractivity contribution < 1.29 is 9.90 Å². The van der Waals surface area contributed by atoms with Crippen LogP contribution in [0.2, 0.25) is 0 Å². The second-order valence-corrected chi connectivity index (χ2v) is 6.76. The maximum atomic E-state index is 11.4. The van der Waals surface area contributed by atoms with Gasteiger partial charge in [0.25, 0.3) is 0 Å². The largest absolute Gasteiger partial charge is 0.480 e. The number of carboxylic acid groups (broad SMARTS) is 1. The summed E-state index contributed by atoms with van der Waals surface area (Å²) in [6.07, 6.45) is 3.85. The third-order valence-electron chi connectivity index (χ3n) is 4.87. The van der Waals surface area contributed by atoms with Crippen molar-refractivity contribution in [1.82, 2.24) is 10.2 Å². The zero-order valence-electron chi connectivity index (χ0n) is 14.4. The van der Waals surface area contributed by atoms with Crippen LogP contribution in [0.1, 0.15) is 45.1 Å². The normalized spacial score (nSPS) is 21.2. The van der Waals surface area contributed by atoms with Gasteiger partial charge >= 0.3 is 5.97 Å². The first kappa shape index (κ1) is 18.0. The van der Waals surface area contributed by atoms with E-state index < -0.39 is 12.0 Å². The van der Waals surface area contributed by atoms with Gasteiger partial charge < -0.3 is 10.4 Å². The van der Waals surface area contributed by atoms with E-state index in [4.69, 9.17) is 0 Å². The van der Waals surface area contributed by atoms with Crippen LogP contribution in [0.3, 0.4) is 0 Å².